The Morgan fingerprint density at radius 3 is 2.41 bits per heavy atom. The minimum atomic E-state index is -0.385. The highest BCUT2D eigenvalue weighted by atomic mass is 35.5. The van der Waals surface area contributed by atoms with Gasteiger partial charge in [-0.25, -0.2) is 4.98 Å². The van der Waals surface area contributed by atoms with Gasteiger partial charge in [-0.3, -0.25) is 15.0 Å². The topological polar surface area (TPSA) is 85.3 Å². The number of anilines is 1. The number of benzene rings is 1. The minimum Gasteiger partial charge on any atom is -0.375 e. The number of hydrogen-bond donors (Lipinski definition) is 1. The van der Waals surface area contributed by atoms with Crippen LogP contribution in [0.5, 0.6) is 0 Å². The normalized spacial score (nSPS) is 10.7. The molecular formula is C14H19ClN4O2S. The minimum absolute atomic E-state index is 0. The number of nitro groups is 1. The Labute approximate surface area is 139 Å². The van der Waals surface area contributed by atoms with Gasteiger partial charge in [0.25, 0.3) is 5.69 Å². The second kappa shape index (κ2) is 8.07. The van der Waals surface area contributed by atoms with Gasteiger partial charge >= 0.3 is 0 Å². The lowest BCUT2D eigenvalue weighted by molar-refractivity contribution is -0.384. The number of nitro benzene ring substituents is 1. The number of nitrogens with two attached hydrogens (primary N) is 1. The van der Waals surface area contributed by atoms with Crippen molar-refractivity contribution in [2.75, 3.05) is 5.73 Å². The number of non-ortho nitro benzene ring substituents is 1. The van der Waals surface area contributed by atoms with E-state index in [0.29, 0.717) is 11.2 Å². The van der Waals surface area contributed by atoms with Crippen LogP contribution in [0, 0.1) is 10.1 Å². The van der Waals surface area contributed by atoms with Crippen LogP contribution >= 0.6 is 23.7 Å². The van der Waals surface area contributed by atoms with E-state index in [1.807, 2.05) is 0 Å². The lowest BCUT2D eigenvalue weighted by Crippen LogP contribution is -2.29. The second-order valence-electron chi connectivity index (χ2n) is 5.09. The van der Waals surface area contributed by atoms with Crippen molar-refractivity contribution in [2.45, 2.75) is 33.0 Å². The van der Waals surface area contributed by atoms with Gasteiger partial charge in [-0.2, -0.15) is 0 Å². The molecule has 1 aromatic carbocycles. The van der Waals surface area contributed by atoms with Crippen LogP contribution in [0.25, 0.3) is 0 Å². The number of nitrogens with zero attached hydrogens (tertiary/aromatic N) is 3. The summed E-state index contributed by atoms with van der Waals surface area (Å²) >= 11 is 1.49. The van der Waals surface area contributed by atoms with E-state index < -0.39 is 0 Å². The number of halogens is 1. The van der Waals surface area contributed by atoms with E-state index in [1.165, 1.54) is 11.3 Å². The average molecular weight is 343 g/mol. The predicted molar refractivity (Wildman–Crippen MR) is 91.3 cm³/mol. The molecule has 0 fully saturated rings. The molecular weight excluding hydrogens is 324 g/mol. The summed E-state index contributed by atoms with van der Waals surface area (Å²) in [6.07, 6.45) is 1.80. The highest BCUT2D eigenvalue weighted by molar-refractivity contribution is 7.15. The Morgan fingerprint density at radius 1 is 1.32 bits per heavy atom. The fraction of sp³-hybridized carbons (Fsp3) is 0.357. The van der Waals surface area contributed by atoms with Gasteiger partial charge < -0.3 is 5.73 Å². The molecule has 8 heteroatoms. The molecule has 0 atom stereocenters. The van der Waals surface area contributed by atoms with Crippen LogP contribution in [0.15, 0.2) is 30.5 Å². The lowest BCUT2D eigenvalue weighted by atomic mass is 10.1. The SMILES string of the molecule is CC(C)N(Cc1ccc([N+](=O)[O-])cc1)Cc1cnc(N)s1.Cl. The third-order valence-electron chi connectivity index (χ3n) is 3.19. The first-order valence-corrected chi connectivity index (χ1v) is 7.45. The molecule has 6 nitrogen and oxygen atoms in total. The quantitative estimate of drug-likeness (QED) is 0.641. The molecule has 0 aliphatic carbocycles. The third kappa shape index (κ3) is 4.94. The van der Waals surface area contributed by atoms with Crippen molar-refractivity contribution in [1.29, 1.82) is 0 Å². The van der Waals surface area contributed by atoms with E-state index in [4.69, 9.17) is 5.73 Å². The fourth-order valence-corrected chi connectivity index (χ4v) is 2.68. The molecule has 0 amide bonds. The van der Waals surface area contributed by atoms with Gasteiger partial charge in [0.15, 0.2) is 5.13 Å². The van der Waals surface area contributed by atoms with E-state index in [9.17, 15) is 10.1 Å². The molecule has 1 heterocycles. The molecule has 0 bridgehead atoms. The summed E-state index contributed by atoms with van der Waals surface area (Å²) in [6, 6.07) is 7.03. The summed E-state index contributed by atoms with van der Waals surface area (Å²) in [7, 11) is 0. The highest BCUT2D eigenvalue weighted by Gasteiger charge is 2.13. The zero-order valence-electron chi connectivity index (χ0n) is 12.4. The van der Waals surface area contributed by atoms with E-state index in [0.717, 1.165) is 23.5 Å². The van der Waals surface area contributed by atoms with E-state index >= 15 is 0 Å². The molecule has 1 aromatic heterocycles. The van der Waals surface area contributed by atoms with Crippen LogP contribution in [0.3, 0.4) is 0 Å². The average Bonchev–Trinajstić information content (AvgIpc) is 2.84. The molecule has 0 radical (unpaired) electrons. The molecule has 0 saturated heterocycles. The maximum atomic E-state index is 10.7. The molecule has 22 heavy (non-hydrogen) atoms. The van der Waals surface area contributed by atoms with Crippen molar-refractivity contribution in [2.24, 2.45) is 0 Å². The maximum Gasteiger partial charge on any atom is 0.269 e. The van der Waals surface area contributed by atoms with E-state index in [-0.39, 0.29) is 23.0 Å². The van der Waals surface area contributed by atoms with Crippen molar-refractivity contribution in [3.8, 4) is 0 Å². The monoisotopic (exact) mass is 342 g/mol. The molecule has 2 N–H and O–H groups in total. The van der Waals surface area contributed by atoms with Crippen LogP contribution in [0.2, 0.25) is 0 Å². The lowest BCUT2D eigenvalue weighted by Gasteiger charge is -2.25. The van der Waals surface area contributed by atoms with Gasteiger partial charge in [0, 0.05) is 42.3 Å². The maximum absolute atomic E-state index is 10.7. The fourth-order valence-electron chi connectivity index (χ4n) is 1.97. The van der Waals surface area contributed by atoms with E-state index in [1.54, 1.807) is 30.5 Å². The van der Waals surface area contributed by atoms with Crippen LogP contribution in [-0.4, -0.2) is 20.8 Å². The summed E-state index contributed by atoms with van der Waals surface area (Å²) in [4.78, 5) is 17.7. The van der Waals surface area contributed by atoms with Crippen LogP contribution < -0.4 is 5.73 Å². The van der Waals surface area contributed by atoms with Gasteiger partial charge in [-0.15, -0.1) is 23.7 Å². The Morgan fingerprint density at radius 2 is 1.95 bits per heavy atom. The first kappa shape index (κ1) is 18.3. The molecule has 2 rings (SSSR count). The van der Waals surface area contributed by atoms with Crippen molar-refractivity contribution < 1.29 is 4.92 Å². The number of aromatic nitrogens is 1. The van der Waals surface area contributed by atoms with Gasteiger partial charge in [0.2, 0.25) is 0 Å². The van der Waals surface area contributed by atoms with Crippen molar-refractivity contribution in [3.63, 3.8) is 0 Å². The standard InChI is InChI=1S/C14H18N4O2S.ClH/c1-10(2)17(9-13-7-16-14(15)21-13)8-11-3-5-12(6-4-11)18(19)20;/h3-7,10H,8-9H2,1-2H3,(H2,15,16);1H. The van der Waals surface area contributed by atoms with Gasteiger partial charge in [-0.1, -0.05) is 12.1 Å². The summed E-state index contributed by atoms with van der Waals surface area (Å²) in [5, 5.41) is 11.2. The number of thiazole rings is 1. The first-order chi connectivity index (χ1) is 9.95. The zero-order valence-corrected chi connectivity index (χ0v) is 14.1. The van der Waals surface area contributed by atoms with Crippen molar-refractivity contribution in [1.82, 2.24) is 9.88 Å². The molecule has 0 aliphatic rings. The zero-order chi connectivity index (χ0) is 15.4. The van der Waals surface area contributed by atoms with E-state index in [2.05, 4.69) is 23.7 Å². The number of rotatable bonds is 6. The first-order valence-electron chi connectivity index (χ1n) is 6.63. The highest BCUT2D eigenvalue weighted by Crippen LogP contribution is 2.20. The van der Waals surface area contributed by atoms with Crippen LogP contribution in [-0.2, 0) is 13.1 Å². The molecule has 0 spiro atoms. The summed E-state index contributed by atoms with van der Waals surface area (Å²) in [5.41, 5.74) is 6.82. The van der Waals surface area contributed by atoms with Gasteiger partial charge in [0.05, 0.1) is 4.92 Å². The Balaban J connectivity index is 0.00000242. The molecule has 0 unspecified atom stereocenters. The van der Waals surface area contributed by atoms with Crippen molar-refractivity contribution in [3.05, 3.63) is 51.0 Å². The Hall–Kier alpha value is -1.70. The largest absolute Gasteiger partial charge is 0.375 e. The number of nitrogen functional groups attached to an aromatic ring is 1. The molecule has 0 saturated carbocycles. The summed E-state index contributed by atoms with van der Waals surface area (Å²) < 4.78 is 0. The van der Waals surface area contributed by atoms with Crippen LogP contribution in [0.1, 0.15) is 24.3 Å². The third-order valence-corrected chi connectivity index (χ3v) is 4.00. The van der Waals surface area contributed by atoms with Gasteiger partial charge in [0.1, 0.15) is 0 Å². The summed E-state index contributed by atoms with van der Waals surface area (Å²) in [6.45, 7) is 5.74. The molecule has 0 aliphatic heterocycles. The second-order valence-corrected chi connectivity index (χ2v) is 6.23. The Bertz CT molecular complexity index is 616. The predicted octanol–water partition coefficient (Wildman–Crippen LogP) is 3.47. The summed E-state index contributed by atoms with van der Waals surface area (Å²) in [5.74, 6) is 0. The molecule has 2 aromatic rings. The van der Waals surface area contributed by atoms with Crippen LogP contribution in [0.4, 0.5) is 10.8 Å². The Kier molecular flexibility index (Phi) is 6.73. The molecule has 120 valence electrons. The van der Waals surface area contributed by atoms with Gasteiger partial charge in [-0.05, 0) is 19.4 Å². The smallest absolute Gasteiger partial charge is 0.269 e. The number of hydrogen-bond acceptors (Lipinski definition) is 6. The van der Waals surface area contributed by atoms with Crippen molar-refractivity contribution >= 4 is 34.6 Å².